The molecule has 2 N–H and O–H groups in total. The molecule has 0 saturated heterocycles. The van der Waals surface area contributed by atoms with Crippen LogP contribution in [0.15, 0.2) is 24.3 Å². The molecule has 1 aliphatic carbocycles. The summed E-state index contributed by atoms with van der Waals surface area (Å²) in [6.45, 7) is 0.369. The van der Waals surface area contributed by atoms with Gasteiger partial charge in [0.2, 0.25) is 0 Å². The third-order valence-electron chi connectivity index (χ3n) is 3.94. The molecule has 2 atom stereocenters. The van der Waals surface area contributed by atoms with E-state index in [2.05, 4.69) is 0 Å². The molecular formula is C16H20O5. The predicted molar refractivity (Wildman–Crippen MR) is 76.4 cm³/mol. The Balaban J connectivity index is 1.95. The fraction of sp³-hybridized carbons (Fsp3) is 0.500. The van der Waals surface area contributed by atoms with Gasteiger partial charge in [0.15, 0.2) is 0 Å². The number of ether oxygens (including phenoxy) is 1. The summed E-state index contributed by atoms with van der Waals surface area (Å²) >= 11 is 0. The van der Waals surface area contributed by atoms with Crippen LogP contribution in [0.2, 0.25) is 0 Å². The van der Waals surface area contributed by atoms with Gasteiger partial charge in [-0.05, 0) is 30.5 Å². The van der Waals surface area contributed by atoms with Crippen molar-refractivity contribution in [2.45, 2.75) is 32.1 Å². The van der Waals surface area contributed by atoms with E-state index in [1.807, 2.05) is 0 Å². The molecule has 0 amide bonds. The van der Waals surface area contributed by atoms with Gasteiger partial charge in [0.25, 0.3) is 0 Å². The lowest BCUT2D eigenvalue weighted by molar-refractivity contribution is -0.145. The van der Waals surface area contributed by atoms with Crippen LogP contribution in [0.4, 0.5) is 0 Å². The van der Waals surface area contributed by atoms with Crippen molar-refractivity contribution in [2.24, 2.45) is 11.8 Å². The minimum Gasteiger partial charge on any atom is -0.493 e. The molecular weight excluding hydrogens is 272 g/mol. The molecule has 0 spiro atoms. The molecule has 5 heteroatoms. The summed E-state index contributed by atoms with van der Waals surface area (Å²) in [5.41, 5.74) is 0.679. The van der Waals surface area contributed by atoms with E-state index in [-0.39, 0.29) is 18.3 Å². The van der Waals surface area contributed by atoms with E-state index in [1.54, 1.807) is 24.3 Å². The first kappa shape index (κ1) is 15.4. The molecule has 2 rings (SSSR count). The fourth-order valence-corrected chi connectivity index (χ4v) is 2.86. The molecule has 5 nitrogen and oxygen atoms in total. The molecule has 2 unspecified atom stereocenters. The number of hydrogen-bond donors (Lipinski definition) is 2. The van der Waals surface area contributed by atoms with E-state index in [0.29, 0.717) is 24.3 Å². The third kappa shape index (κ3) is 4.48. The van der Waals surface area contributed by atoms with Crippen LogP contribution in [-0.2, 0) is 16.0 Å². The van der Waals surface area contributed by atoms with Gasteiger partial charge in [-0.2, -0.15) is 0 Å². The Morgan fingerprint density at radius 1 is 1.19 bits per heavy atom. The van der Waals surface area contributed by atoms with Gasteiger partial charge in [0.05, 0.1) is 18.9 Å². The van der Waals surface area contributed by atoms with Crippen LogP contribution in [0.1, 0.15) is 31.2 Å². The van der Waals surface area contributed by atoms with Gasteiger partial charge in [-0.15, -0.1) is 0 Å². The monoisotopic (exact) mass is 292 g/mol. The van der Waals surface area contributed by atoms with E-state index in [0.717, 1.165) is 19.3 Å². The molecule has 1 fully saturated rings. The smallest absolute Gasteiger partial charge is 0.307 e. The average Bonchev–Trinajstić information content (AvgIpc) is 2.45. The van der Waals surface area contributed by atoms with Crippen molar-refractivity contribution in [3.8, 4) is 5.75 Å². The standard InChI is InChI=1S/C16H20O5/c17-15(18)9-11-4-3-6-13(8-11)21-10-12-5-1-2-7-14(12)16(19)20/h3-4,6,8,12,14H,1-2,5,7,9-10H2,(H,17,18)(H,19,20). The molecule has 0 aromatic heterocycles. The molecule has 0 radical (unpaired) electrons. The number of carbonyl (C=O) groups is 2. The Morgan fingerprint density at radius 3 is 2.67 bits per heavy atom. The van der Waals surface area contributed by atoms with Crippen LogP contribution in [0.3, 0.4) is 0 Å². The summed E-state index contributed by atoms with van der Waals surface area (Å²) in [5, 5.41) is 18.0. The van der Waals surface area contributed by atoms with Crippen molar-refractivity contribution in [3.63, 3.8) is 0 Å². The molecule has 0 bridgehead atoms. The normalized spacial score (nSPS) is 21.7. The van der Waals surface area contributed by atoms with Gasteiger partial charge in [0.1, 0.15) is 5.75 Å². The van der Waals surface area contributed by atoms with Crippen LogP contribution in [-0.4, -0.2) is 28.8 Å². The van der Waals surface area contributed by atoms with Crippen molar-refractivity contribution >= 4 is 11.9 Å². The molecule has 1 saturated carbocycles. The summed E-state index contributed by atoms with van der Waals surface area (Å²) < 4.78 is 5.69. The summed E-state index contributed by atoms with van der Waals surface area (Å²) in [5.74, 6) is -1.34. The molecule has 1 aromatic rings. The number of aliphatic carboxylic acids is 2. The molecule has 1 aromatic carbocycles. The SMILES string of the molecule is O=C(O)Cc1cccc(OCC2CCCCC2C(=O)O)c1. The maximum absolute atomic E-state index is 11.2. The topological polar surface area (TPSA) is 83.8 Å². The first-order valence-electron chi connectivity index (χ1n) is 7.22. The lowest BCUT2D eigenvalue weighted by Crippen LogP contribution is -2.31. The van der Waals surface area contributed by atoms with Gasteiger partial charge in [0, 0.05) is 5.92 Å². The second-order valence-electron chi connectivity index (χ2n) is 5.52. The zero-order valence-corrected chi connectivity index (χ0v) is 11.8. The Hall–Kier alpha value is -2.04. The second-order valence-corrected chi connectivity index (χ2v) is 5.52. The second kappa shape index (κ2) is 7.11. The highest BCUT2D eigenvalue weighted by Crippen LogP contribution is 2.31. The van der Waals surface area contributed by atoms with E-state index >= 15 is 0 Å². The number of carboxylic acid groups (broad SMARTS) is 2. The molecule has 0 heterocycles. The largest absolute Gasteiger partial charge is 0.493 e. The first-order chi connectivity index (χ1) is 10.1. The Morgan fingerprint density at radius 2 is 1.95 bits per heavy atom. The Kier molecular flexibility index (Phi) is 5.20. The summed E-state index contributed by atoms with van der Waals surface area (Å²) in [7, 11) is 0. The highest BCUT2D eigenvalue weighted by molar-refractivity contribution is 5.70. The quantitative estimate of drug-likeness (QED) is 0.842. The van der Waals surface area contributed by atoms with Crippen LogP contribution in [0.5, 0.6) is 5.75 Å². The van der Waals surface area contributed by atoms with E-state index in [1.165, 1.54) is 0 Å². The Bertz CT molecular complexity index is 511. The number of benzene rings is 1. The zero-order chi connectivity index (χ0) is 15.2. The lowest BCUT2D eigenvalue weighted by Gasteiger charge is -2.28. The van der Waals surface area contributed by atoms with E-state index in [9.17, 15) is 14.7 Å². The maximum Gasteiger partial charge on any atom is 0.307 e. The molecule has 114 valence electrons. The maximum atomic E-state index is 11.2. The summed E-state index contributed by atoms with van der Waals surface area (Å²) in [4.78, 5) is 21.9. The van der Waals surface area contributed by atoms with Gasteiger partial charge >= 0.3 is 11.9 Å². The van der Waals surface area contributed by atoms with E-state index in [4.69, 9.17) is 9.84 Å². The van der Waals surface area contributed by atoms with Crippen LogP contribution in [0, 0.1) is 11.8 Å². The number of rotatable bonds is 6. The minimum atomic E-state index is -0.884. The predicted octanol–water partition coefficient (Wildman–Crippen LogP) is 2.58. The van der Waals surface area contributed by atoms with Gasteiger partial charge in [-0.3, -0.25) is 9.59 Å². The Labute approximate surface area is 123 Å². The third-order valence-corrected chi connectivity index (χ3v) is 3.94. The number of hydrogen-bond acceptors (Lipinski definition) is 3. The zero-order valence-electron chi connectivity index (χ0n) is 11.8. The lowest BCUT2D eigenvalue weighted by atomic mass is 9.80. The van der Waals surface area contributed by atoms with Crippen molar-refractivity contribution in [3.05, 3.63) is 29.8 Å². The number of carboxylic acids is 2. The fourth-order valence-electron chi connectivity index (χ4n) is 2.86. The highest BCUT2D eigenvalue weighted by Gasteiger charge is 2.31. The van der Waals surface area contributed by atoms with E-state index < -0.39 is 11.9 Å². The van der Waals surface area contributed by atoms with Crippen LogP contribution >= 0.6 is 0 Å². The van der Waals surface area contributed by atoms with Crippen molar-refractivity contribution in [1.82, 2.24) is 0 Å². The van der Waals surface area contributed by atoms with Gasteiger partial charge in [-0.1, -0.05) is 25.0 Å². The molecule has 0 aliphatic heterocycles. The van der Waals surface area contributed by atoms with Crippen molar-refractivity contribution < 1.29 is 24.5 Å². The summed E-state index contributed by atoms with van der Waals surface area (Å²) in [6, 6.07) is 6.96. The van der Waals surface area contributed by atoms with Crippen molar-refractivity contribution in [1.29, 1.82) is 0 Å². The van der Waals surface area contributed by atoms with Crippen LogP contribution in [0.25, 0.3) is 0 Å². The first-order valence-corrected chi connectivity index (χ1v) is 7.22. The molecule has 21 heavy (non-hydrogen) atoms. The van der Waals surface area contributed by atoms with Gasteiger partial charge < -0.3 is 14.9 Å². The van der Waals surface area contributed by atoms with Crippen LogP contribution < -0.4 is 4.74 Å². The highest BCUT2D eigenvalue weighted by atomic mass is 16.5. The van der Waals surface area contributed by atoms with Gasteiger partial charge in [-0.25, -0.2) is 0 Å². The minimum absolute atomic E-state index is 0.0272. The average molecular weight is 292 g/mol. The van der Waals surface area contributed by atoms with Crippen molar-refractivity contribution in [2.75, 3.05) is 6.61 Å². The summed E-state index contributed by atoms with van der Waals surface area (Å²) in [6.07, 6.45) is 3.53. The molecule has 1 aliphatic rings.